The van der Waals surface area contributed by atoms with Crippen molar-refractivity contribution >= 4 is 28.5 Å². The van der Waals surface area contributed by atoms with Crippen LogP contribution in [0.15, 0.2) is 76.5 Å². The number of benzene rings is 2. The van der Waals surface area contributed by atoms with Crippen molar-refractivity contribution in [3.05, 3.63) is 100.0 Å². The van der Waals surface area contributed by atoms with E-state index in [9.17, 15) is 18.8 Å². The molecule has 3 heterocycles. The highest BCUT2D eigenvalue weighted by Gasteiger charge is 2.19. The molecule has 0 bridgehead atoms. The van der Waals surface area contributed by atoms with Crippen LogP contribution in [0.3, 0.4) is 0 Å². The van der Waals surface area contributed by atoms with Gasteiger partial charge in [-0.2, -0.15) is 0 Å². The van der Waals surface area contributed by atoms with Gasteiger partial charge in [0.15, 0.2) is 11.6 Å². The lowest BCUT2D eigenvalue weighted by molar-refractivity contribution is -0.117. The molecule has 0 saturated heterocycles. The Morgan fingerprint density at radius 3 is 2.54 bits per heavy atom. The molecule has 2 N–H and O–H groups in total. The maximum Gasteiger partial charge on any atom is 0.294 e. The molecule has 0 aliphatic heterocycles. The van der Waals surface area contributed by atoms with Gasteiger partial charge in [0.05, 0.1) is 24.5 Å². The lowest BCUT2D eigenvalue weighted by Gasteiger charge is -2.16. The van der Waals surface area contributed by atoms with Crippen LogP contribution in [0, 0.1) is 5.82 Å². The average Bonchev–Trinajstić information content (AvgIpc) is 3.43. The number of carbonyl (C=O) groups is 2. The highest BCUT2D eigenvalue weighted by atomic mass is 19.1. The first-order valence-corrected chi connectivity index (χ1v) is 11.9. The second-order valence-electron chi connectivity index (χ2n) is 8.77. The van der Waals surface area contributed by atoms with Gasteiger partial charge in [0, 0.05) is 29.1 Å². The van der Waals surface area contributed by atoms with Gasteiger partial charge >= 0.3 is 0 Å². The van der Waals surface area contributed by atoms with E-state index >= 15 is 0 Å². The highest BCUT2D eigenvalue weighted by molar-refractivity contribution is 6.08. The second-order valence-corrected chi connectivity index (χ2v) is 8.77. The lowest BCUT2D eigenvalue weighted by Crippen LogP contribution is -2.38. The third-order valence-corrected chi connectivity index (χ3v) is 6.18. The summed E-state index contributed by atoms with van der Waals surface area (Å²) in [5, 5.41) is 13.0. The number of fused-ring (bicyclic) bond motifs is 1. The molecule has 0 aliphatic carbocycles. The van der Waals surface area contributed by atoms with E-state index in [1.165, 1.54) is 47.4 Å². The van der Waals surface area contributed by atoms with Crippen molar-refractivity contribution in [3.8, 4) is 11.3 Å². The molecule has 11 nitrogen and oxygen atoms in total. The molecule has 1 amide bonds. The van der Waals surface area contributed by atoms with E-state index in [2.05, 4.69) is 30.9 Å². The van der Waals surface area contributed by atoms with Crippen LogP contribution in [0.1, 0.15) is 28.4 Å². The van der Waals surface area contributed by atoms with E-state index in [0.717, 1.165) is 0 Å². The molecule has 3 aromatic heterocycles. The van der Waals surface area contributed by atoms with Crippen LogP contribution in [0.25, 0.3) is 22.3 Å². The number of anilines is 1. The summed E-state index contributed by atoms with van der Waals surface area (Å²) in [5.74, 6) is -1.37. The van der Waals surface area contributed by atoms with Gasteiger partial charge in [0.1, 0.15) is 16.9 Å². The molecule has 12 heteroatoms. The molecule has 0 spiro atoms. The molecular weight excluding hydrogens is 505 g/mol. The maximum atomic E-state index is 13.6. The fourth-order valence-electron chi connectivity index (χ4n) is 3.91. The van der Waals surface area contributed by atoms with Gasteiger partial charge < -0.3 is 10.6 Å². The minimum atomic E-state index is -0.558. The molecule has 0 aliphatic rings. The first-order valence-electron chi connectivity index (χ1n) is 11.9. The zero-order chi connectivity index (χ0) is 27.5. The number of nitrogens with one attached hydrogen (secondary N) is 2. The van der Waals surface area contributed by atoms with Crippen molar-refractivity contribution in [1.29, 1.82) is 0 Å². The Morgan fingerprint density at radius 2 is 1.77 bits per heavy atom. The molecule has 0 fully saturated rings. The Balaban J connectivity index is 1.56. The smallest absolute Gasteiger partial charge is 0.294 e. The van der Waals surface area contributed by atoms with Crippen molar-refractivity contribution in [2.45, 2.75) is 19.5 Å². The molecule has 1 atom stereocenters. The Morgan fingerprint density at radius 1 is 1.00 bits per heavy atom. The molecule has 0 radical (unpaired) electrons. The van der Waals surface area contributed by atoms with Gasteiger partial charge in [0.25, 0.3) is 5.56 Å². The summed E-state index contributed by atoms with van der Waals surface area (Å²) in [4.78, 5) is 47.4. The Hall–Kier alpha value is -5.10. The number of carbonyl (C=O) groups excluding carboxylic acids is 2. The molecule has 39 heavy (non-hydrogen) atoms. The number of halogens is 1. The average molecular weight is 528 g/mol. The van der Waals surface area contributed by atoms with Crippen molar-refractivity contribution in [2.75, 3.05) is 12.4 Å². The van der Waals surface area contributed by atoms with Gasteiger partial charge in [-0.25, -0.2) is 14.0 Å². The second kappa shape index (κ2) is 10.7. The topological polar surface area (TPSA) is 145 Å². The van der Waals surface area contributed by atoms with Gasteiger partial charge in [-0.15, -0.1) is 0 Å². The van der Waals surface area contributed by atoms with E-state index in [4.69, 9.17) is 4.63 Å². The number of hydrogen-bond acceptors (Lipinski definition) is 9. The van der Waals surface area contributed by atoms with Crippen LogP contribution in [0.4, 0.5) is 10.2 Å². The number of ketones is 1. The molecule has 0 saturated carbocycles. The zero-order valence-corrected chi connectivity index (χ0v) is 20.9. The number of nitrogens with zero attached hydrogens (tertiary/aromatic N) is 5. The van der Waals surface area contributed by atoms with Gasteiger partial charge in [0.2, 0.25) is 5.91 Å². The molecule has 5 rings (SSSR count). The van der Waals surface area contributed by atoms with E-state index in [-0.39, 0.29) is 23.7 Å². The zero-order valence-electron chi connectivity index (χ0n) is 20.9. The van der Waals surface area contributed by atoms with Crippen molar-refractivity contribution < 1.29 is 18.6 Å². The van der Waals surface area contributed by atoms with Crippen LogP contribution in [0.2, 0.25) is 0 Å². The summed E-state index contributed by atoms with van der Waals surface area (Å²) in [7, 11) is 1.63. The van der Waals surface area contributed by atoms with Gasteiger partial charge in [-0.05, 0) is 72.3 Å². The summed E-state index contributed by atoms with van der Waals surface area (Å²) in [6.45, 7) is 1.66. The van der Waals surface area contributed by atoms with Crippen molar-refractivity contribution in [1.82, 2.24) is 30.2 Å². The third kappa shape index (κ3) is 5.31. The molecule has 2 aromatic carbocycles. The van der Waals surface area contributed by atoms with E-state index < -0.39 is 23.3 Å². The first-order chi connectivity index (χ1) is 18.8. The standard InChI is InChI=1S/C27H22FN7O4/c1-15(29-2)26(37)32-25-27(38)35(23(13-31-25)18-5-8-21-22(10-18)34-39-33-21)14-16-9-19(12-30-11-16)24(36)17-3-6-20(28)7-4-17/h3-13,15,29H,14H2,1-2H3,(H,31,32,37). The fourth-order valence-corrected chi connectivity index (χ4v) is 3.91. The summed E-state index contributed by atoms with van der Waals surface area (Å²) in [6, 6.07) is 11.4. The molecule has 1 unspecified atom stereocenters. The summed E-state index contributed by atoms with van der Waals surface area (Å²) in [6.07, 6.45) is 4.41. The van der Waals surface area contributed by atoms with Crippen LogP contribution in [-0.2, 0) is 11.3 Å². The largest absolute Gasteiger partial charge is 0.309 e. The van der Waals surface area contributed by atoms with Crippen LogP contribution in [-0.4, -0.2) is 49.6 Å². The lowest BCUT2D eigenvalue weighted by atomic mass is 10.0. The third-order valence-electron chi connectivity index (χ3n) is 6.18. The minimum absolute atomic E-state index is 0.00772. The number of likely N-dealkylation sites (N-methyl/N-ethyl adjacent to an activating group) is 1. The molecule has 196 valence electrons. The first kappa shape index (κ1) is 25.5. The summed E-state index contributed by atoms with van der Waals surface area (Å²) < 4.78 is 19.5. The number of hydrogen-bond donors (Lipinski definition) is 2. The quantitative estimate of drug-likeness (QED) is 0.291. The minimum Gasteiger partial charge on any atom is -0.309 e. The SMILES string of the molecule is CNC(C)C(=O)Nc1ncc(-c2ccc3nonc3c2)n(Cc2cncc(C(=O)c3ccc(F)cc3)c2)c1=O. The summed E-state index contributed by atoms with van der Waals surface area (Å²) in [5.41, 5.74) is 2.63. The maximum absolute atomic E-state index is 13.6. The van der Waals surface area contributed by atoms with E-state index in [0.29, 0.717) is 33.4 Å². The van der Waals surface area contributed by atoms with Crippen molar-refractivity contribution in [2.24, 2.45) is 0 Å². The van der Waals surface area contributed by atoms with Crippen LogP contribution < -0.4 is 16.2 Å². The highest BCUT2D eigenvalue weighted by Crippen LogP contribution is 2.23. The van der Waals surface area contributed by atoms with Crippen LogP contribution >= 0.6 is 0 Å². The predicted octanol–water partition coefficient (Wildman–Crippen LogP) is 2.81. The monoisotopic (exact) mass is 527 g/mol. The van der Waals surface area contributed by atoms with Gasteiger partial charge in [-0.3, -0.25) is 23.9 Å². The van der Waals surface area contributed by atoms with E-state index in [1.54, 1.807) is 38.2 Å². The number of amides is 1. The Bertz CT molecular complexity index is 1750. The fraction of sp³-hybridized carbons (Fsp3) is 0.148. The number of aromatic nitrogens is 5. The summed E-state index contributed by atoms with van der Waals surface area (Å²) >= 11 is 0. The van der Waals surface area contributed by atoms with Gasteiger partial charge in [-0.1, -0.05) is 6.07 Å². The van der Waals surface area contributed by atoms with Crippen molar-refractivity contribution in [3.63, 3.8) is 0 Å². The molecular formula is C27H22FN7O4. The number of rotatable bonds is 8. The number of pyridine rings is 1. The normalized spacial score (nSPS) is 11.9. The Labute approximate surface area is 220 Å². The molecule has 5 aromatic rings. The Kier molecular flexibility index (Phi) is 7.02. The van der Waals surface area contributed by atoms with E-state index in [1.807, 2.05) is 0 Å². The van der Waals surface area contributed by atoms with Crippen LogP contribution in [0.5, 0.6) is 0 Å². The predicted molar refractivity (Wildman–Crippen MR) is 140 cm³/mol.